The van der Waals surface area contributed by atoms with E-state index in [4.69, 9.17) is 0 Å². The van der Waals surface area contributed by atoms with E-state index in [1.807, 2.05) is 31.2 Å². The predicted octanol–water partition coefficient (Wildman–Crippen LogP) is 2.97. The number of anilines is 1. The van der Waals surface area contributed by atoms with E-state index < -0.39 is 10.0 Å². The van der Waals surface area contributed by atoms with Gasteiger partial charge in [-0.25, -0.2) is 8.42 Å². The number of rotatable bonds is 5. The van der Waals surface area contributed by atoms with Crippen LogP contribution in [-0.4, -0.2) is 26.9 Å². The second-order valence-electron chi connectivity index (χ2n) is 7.08. The Morgan fingerprint density at radius 3 is 2.69 bits per heavy atom. The van der Waals surface area contributed by atoms with Crippen LogP contribution in [0.5, 0.6) is 0 Å². The van der Waals surface area contributed by atoms with Gasteiger partial charge < -0.3 is 5.32 Å². The highest BCUT2D eigenvalue weighted by molar-refractivity contribution is 7.92. The average molecular weight is 370 g/mol. The first-order valence-corrected chi connectivity index (χ1v) is 10.4. The zero-order valence-electron chi connectivity index (χ0n) is 14.7. The standard InChI is InChI=1S/C20H22N2O3S/c1-14(15-9-10-15)21-20(23)17-6-4-7-18(13-17)26(24,25)22-12-11-16-5-2-3-8-19(16)22/h2-8,13-15H,9-12H2,1H3,(H,21,23)/t14-/m0/s1. The molecular formula is C20H22N2O3S. The Morgan fingerprint density at radius 1 is 1.15 bits per heavy atom. The summed E-state index contributed by atoms with van der Waals surface area (Å²) in [6.07, 6.45) is 2.99. The van der Waals surface area contributed by atoms with Crippen LogP contribution in [0.15, 0.2) is 53.4 Å². The van der Waals surface area contributed by atoms with Gasteiger partial charge >= 0.3 is 0 Å². The molecule has 2 aliphatic rings. The Kier molecular flexibility index (Phi) is 4.23. The second-order valence-corrected chi connectivity index (χ2v) is 8.95. The topological polar surface area (TPSA) is 66.5 Å². The minimum Gasteiger partial charge on any atom is -0.349 e. The summed E-state index contributed by atoms with van der Waals surface area (Å²) >= 11 is 0. The van der Waals surface area contributed by atoms with Crippen molar-refractivity contribution in [2.45, 2.75) is 37.1 Å². The van der Waals surface area contributed by atoms with Crippen LogP contribution in [0.25, 0.3) is 0 Å². The molecule has 0 bridgehead atoms. The van der Waals surface area contributed by atoms with Crippen LogP contribution >= 0.6 is 0 Å². The van der Waals surface area contributed by atoms with E-state index in [-0.39, 0.29) is 16.8 Å². The van der Waals surface area contributed by atoms with Crippen LogP contribution in [0, 0.1) is 5.92 Å². The smallest absolute Gasteiger partial charge is 0.264 e. The third kappa shape index (κ3) is 3.09. The molecule has 2 aromatic carbocycles. The van der Waals surface area contributed by atoms with Crippen LogP contribution in [0.2, 0.25) is 0 Å². The summed E-state index contributed by atoms with van der Waals surface area (Å²) in [6, 6.07) is 14.0. The van der Waals surface area contributed by atoms with Gasteiger partial charge in [-0.15, -0.1) is 0 Å². The third-order valence-electron chi connectivity index (χ3n) is 5.22. The number of carbonyl (C=O) groups is 1. The molecule has 1 fully saturated rings. The van der Waals surface area contributed by atoms with Gasteiger partial charge in [0.2, 0.25) is 0 Å². The summed E-state index contributed by atoms with van der Waals surface area (Å²) in [6.45, 7) is 2.42. The van der Waals surface area contributed by atoms with E-state index in [0.717, 1.165) is 24.1 Å². The molecular weight excluding hydrogens is 348 g/mol. The quantitative estimate of drug-likeness (QED) is 0.880. The SMILES string of the molecule is C[C@H](NC(=O)c1cccc(S(=O)(=O)N2CCc3ccccc32)c1)C1CC1. The van der Waals surface area contributed by atoms with Crippen molar-refractivity contribution in [1.29, 1.82) is 0 Å². The molecule has 136 valence electrons. The normalized spacial score (nSPS) is 17.7. The highest BCUT2D eigenvalue weighted by Crippen LogP contribution is 2.33. The highest BCUT2D eigenvalue weighted by atomic mass is 32.2. The summed E-state index contributed by atoms with van der Waals surface area (Å²) in [7, 11) is -3.69. The van der Waals surface area contributed by atoms with E-state index in [9.17, 15) is 13.2 Å². The van der Waals surface area contributed by atoms with Crippen molar-refractivity contribution in [3.8, 4) is 0 Å². The third-order valence-corrected chi connectivity index (χ3v) is 7.03. The minimum absolute atomic E-state index is 0.119. The van der Waals surface area contributed by atoms with E-state index in [1.54, 1.807) is 18.2 Å². The zero-order valence-corrected chi connectivity index (χ0v) is 15.5. The Morgan fingerprint density at radius 2 is 1.92 bits per heavy atom. The van der Waals surface area contributed by atoms with Crippen LogP contribution in [-0.2, 0) is 16.4 Å². The number of hydrogen-bond acceptors (Lipinski definition) is 3. The summed E-state index contributed by atoms with van der Waals surface area (Å²) in [5.74, 6) is 0.329. The molecule has 1 saturated carbocycles. The van der Waals surface area contributed by atoms with Crippen molar-refractivity contribution in [3.05, 3.63) is 59.7 Å². The molecule has 0 saturated heterocycles. The summed E-state index contributed by atoms with van der Waals surface area (Å²) in [5, 5.41) is 2.97. The fourth-order valence-corrected chi connectivity index (χ4v) is 5.04. The number of nitrogens with zero attached hydrogens (tertiary/aromatic N) is 1. The maximum Gasteiger partial charge on any atom is 0.264 e. The van der Waals surface area contributed by atoms with Gasteiger partial charge in [0.05, 0.1) is 10.6 Å². The lowest BCUT2D eigenvalue weighted by molar-refractivity contribution is 0.0935. The van der Waals surface area contributed by atoms with E-state index in [2.05, 4.69) is 5.32 Å². The molecule has 26 heavy (non-hydrogen) atoms. The number of amides is 1. The van der Waals surface area contributed by atoms with Gasteiger partial charge in [0.25, 0.3) is 15.9 Å². The van der Waals surface area contributed by atoms with Crippen LogP contribution < -0.4 is 9.62 Å². The zero-order chi connectivity index (χ0) is 18.3. The van der Waals surface area contributed by atoms with Gasteiger partial charge in [-0.3, -0.25) is 9.10 Å². The fourth-order valence-electron chi connectivity index (χ4n) is 3.49. The molecule has 1 atom stereocenters. The largest absolute Gasteiger partial charge is 0.349 e. The molecule has 0 spiro atoms. The maximum atomic E-state index is 13.1. The molecule has 2 aromatic rings. The molecule has 1 aliphatic heterocycles. The van der Waals surface area contributed by atoms with E-state index in [0.29, 0.717) is 24.4 Å². The Bertz CT molecular complexity index is 951. The van der Waals surface area contributed by atoms with Crippen molar-refractivity contribution in [1.82, 2.24) is 5.32 Å². The molecule has 1 amide bonds. The number of hydrogen-bond donors (Lipinski definition) is 1. The summed E-state index contributed by atoms with van der Waals surface area (Å²) in [5.41, 5.74) is 2.14. The monoisotopic (exact) mass is 370 g/mol. The molecule has 0 aromatic heterocycles. The van der Waals surface area contributed by atoms with Crippen LogP contribution in [0.1, 0.15) is 35.7 Å². The van der Waals surface area contributed by atoms with Crippen molar-refractivity contribution in [3.63, 3.8) is 0 Å². The summed E-state index contributed by atoms with van der Waals surface area (Å²) < 4.78 is 27.6. The number of para-hydroxylation sites is 1. The lowest BCUT2D eigenvalue weighted by Gasteiger charge is -2.20. The second kappa shape index (κ2) is 6.43. The van der Waals surface area contributed by atoms with Gasteiger partial charge in [-0.2, -0.15) is 0 Å². The first-order valence-electron chi connectivity index (χ1n) is 8.98. The first kappa shape index (κ1) is 17.1. The summed E-state index contributed by atoms with van der Waals surface area (Å²) in [4.78, 5) is 12.6. The van der Waals surface area contributed by atoms with Crippen LogP contribution in [0.4, 0.5) is 5.69 Å². The minimum atomic E-state index is -3.69. The molecule has 1 heterocycles. The lowest BCUT2D eigenvalue weighted by atomic mass is 10.1. The molecule has 0 unspecified atom stereocenters. The maximum absolute atomic E-state index is 13.1. The van der Waals surface area contributed by atoms with Crippen molar-refractivity contribution >= 4 is 21.6 Å². The van der Waals surface area contributed by atoms with Gasteiger partial charge in [0.1, 0.15) is 0 Å². The Labute approximate surface area is 154 Å². The predicted molar refractivity (Wildman–Crippen MR) is 101 cm³/mol. The molecule has 1 N–H and O–H groups in total. The lowest BCUT2D eigenvalue weighted by Crippen LogP contribution is -2.34. The van der Waals surface area contributed by atoms with Crippen LogP contribution in [0.3, 0.4) is 0 Å². The number of sulfonamides is 1. The Hall–Kier alpha value is -2.34. The van der Waals surface area contributed by atoms with Gasteiger partial charge in [-0.05, 0) is 61.9 Å². The fraction of sp³-hybridized carbons (Fsp3) is 0.350. The van der Waals surface area contributed by atoms with E-state index in [1.165, 1.54) is 10.4 Å². The van der Waals surface area contributed by atoms with Crippen molar-refractivity contribution in [2.24, 2.45) is 5.92 Å². The molecule has 6 heteroatoms. The highest BCUT2D eigenvalue weighted by Gasteiger charge is 2.32. The van der Waals surface area contributed by atoms with Crippen molar-refractivity contribution < 1.29 is 13.2 Å². The molecule has 0 radical (unpaired) electrons. The van der Waals surface area contributed by atoms with Gasteiger partial charge in [0.15, 0.2) is 0 Å². The van der Waals surface area contributed by atoms with Crippen molar-refractivity contribution in [2.75, 3.05) is 10.8 Å². The number of carbonyl (C=O) groups excluding carboxylic acids is 1. The van der Waals surface area contributed by atoms with E-state index >= 15 is 0 Å². The number of fused-ring (bicyclic) bond motifs is 1. The molecule has 5 nitrogen and oxygen atoms in total. The molecule has 4 rings (SSSR count). The van der Waals surface area contributed by atoms with Gasteiger partial charge in [-0.1, -0.05) is 24.3 Å². The Balaban J connectivity index is 1.60. The number of benzene rings is 2. The average Bonchev–Trinajstić information content (AvgIpc) is 3.40. The molecule has 1 aliphatic carbocycles. The first-order chi connectivity index (χ1) is 12.5. The number of nitrogens with one attached hydrogen (secondary N) is 1. The van der Waals surface area contributed by atoms with Gasteiger partial charge in [0, 0.05) is 18.2 Å².